The molecular weight excluding hydrogens is 454 g/mol. The quantitative estimate of drug-likeness (QED) is 0.555. The average molecular weight is 486 g/mol. The SMILES string of the molecule is CC(C)(C)NCC(COc1nsnc1N1CCOCC1)Oc1nsnc1N1CCOCC1. The Hall–Kier alpha value is -1.80. The molecule has 178 valence electrons. The molecule has 4 heterocycles. The highest BCUT2D eigenvalue weighted by Gasteiger charge is 2.26. The van der Waals surface area contributed by atoms with Crippen LogP contribution in [0.5, 0.6) is 11.8 Å². The Morgan fingerprint density at radius 1 is 0.875 bits per heavy atom. The molecule has 0 aliphatic carbocycles. The van der Waals surface area contributed by atoms with Crippen LogP contribution in [0, 0.1) is 0 Å². The van der Waals surface area contributed by atoms with Crippen molar-refractivity contribution in [3.63, 3.8) is 0 Å². The third-order valence-electron chi connectivity index (χ3n) is 5.05. The lowest BCUT2D eigenvalue weighted by Crippen LogP contribution is -2.45. The molecule has 2 aromatic rings. The van der Waals surface area contributed by atoms with Crippen LogP contribution in [0.15, 0.2) is 0 Å². The van der Waals surface area contributed by atoms with Crippen molar-refractivity contribution in [2.45, 2.75) is 32.4 Å². The van der Waals surface area contributed by atoms with Gasteiger partial charge in [-0.1, -0.05) is 0 Å². The molecule has 32 heavy (non-hydrogen) atoms. The van der Waals surface area contributed by atoms with Crippen molar-refractivity contribution >= 4 is 35.1 Å². The van der Waals surface area contributed by atoms with E-state index in [1.807, 2.05) is 0 Å². The molecule has 0 spiro atoms. The van der Waals surface area contributed by atoms with E-state index in [1.54, 1.807) is 0 Å². The van der Waals surface area contributed by atoms with Crippen LogP contribution >= 0.6 is 23.5 Å². The van der Waals surface area contributed by atoms with Crippen LogP contribution in [0.2, 0.25) is 0 Å². The van der Waals surface area contributed by atoms with Crippen molar-refractivity contribution in [1.82, 2.24) is 22.8 Å². The zero-order chi connectivity index (χ0) is 22.4. The van der Waals surface area contributed by atoms with Crippen LogP contribution in [0.4, 0.5) is 11.6 Å². The second-order valence-electron chi connectivity index (χ2n) is 8.67. The fourth-order valence-electron chi connectivity index (χ4n) is 3.34. The predicted molar refractivity (Wildman–Crippen MR) is 124 cm³/mol. The molecule has 2 aromatic heterocycles. The molecule has 2 aliphatic heterocycles. The Kier molecular flexibility index (Phi) is 7.94. The highest BCUT2D eigenvalue weighted by molar-refractivity contribution is 6.99. The van der Waals surface area contributed by atoms with Gasteiger partial charge >= 0.3 is 0 Å². The summed E-state index contributed by atoms with van der Waals surface area (Å²) in [5.41, 5.74) is -0.0594. The molecule has 13 heteroatoms. The zero-order valence-electron chi connectivity index (χ0n) is 18.8. The Morgan fingerprint density at radius 3 is 1.97 bits per heavy atom. The van der Waals surface area contributed by atoms with Crippen LogP contribution in [0.1, 0.15) is 20.8 Å². The van der Waals surface area contributed by atoms with Crippen LogP contribution < -0.4 is 24.6 Å². The molecule has 1 N–H and O–H groups in total. The summed E-state index contributed by atoms with van der Waals surface area (Å²) >= 11 is 2.31. The van der Waals surface area contributed by atoms with Crippen molar-refractivity contribution < 1.29 is 18.9 Å². The first-order chi connectivity index (χ1) is 15.5. The van der Waals surface area contributed by atoms with E-state index < -0.39 is 0 Å². The van der Waals surface area contributed by atoms with Crippen molar-refractivity contribution in [3.8, 4) is 11.8 Å². The fraction of sp³-hybridized carbons (Fsp3) is 0.789. The third-order valence-corrected chi connectivity index (χ3v) is 6.05. The summed E-state index contributed by atoms with van der Waals surface area (Å²) in [5, 5.41) is 3.50. The van der Waals surface area contributed by atoms with Gasteiger partial charge in [-0.15, -0.1) is 8.75 Å². The second-order valence-corrected chi connectivity index (χ2v) is 9.72. The van der Waals surface area contributed by atoms with E-state index in [4.69, 9.17) is 18.9 Å². The van der Waals surface area contributed by atoms with Crippen molar-refractivity contribution in [1.29, 1.82) is 0 Å². The molecule has 2 saturated heterocycles. The van der Waals surface area contributed by atoms with E-state index in [0.717, 1.165) is 61.3 Å². The van der Waals surface area contributed by atoms with Crippen LogP contribution in [-0.2, 0) is 9.47 Å². The second kappa shape index (κ2) is 10.9. The Morgan fingerprint density at radius 2 is 1.41 bits per heavy atom. The minimum absolute atomic E-state index is 0.0594. The van der Waals surface area contributed by atoms with Gasteiger partial charge < -0.3 is 34.1 Å². The number of hydrogen-bond acceptors (Lipinski definition) is 13. The van der Waals surface area contributed by atoms with E-state index in [9.17, 15) is 0 Å². The lowest BCUT2D eigenvalue weighted by Gasteiger charge is -2.29. The van der Waals surface area contributed by atoms with E-state index in [-0.39, 0.29) is 11.6 Å². The van der Waals surface area contributed by atoms with Gasteiger partial charge in [0.05, 0.1) is 49.9 Å². The van der Waals surface area contributed by atoms with E-state index in [0.29, 0.717) is 51.3 Å². The summed E-state index contributed by atoms with van der Waals surface area (Å²) in [7, 11) is 0. The van der Waals surface area contributed by atoms with Crippen molar-refractivity contribution in [2.24, 2.45) is 0 Å². The van der Waals surface area contributed by atoms with Gasteiger partial charge in [0.1, 0.15) is 12.7 Å². The Labute approximate surface area is 196 Å². The van der Waals surface area contributed by atoms with Crippen LogP contribution in [-0.4, -0.2) is 94.9 Å². The number of aromatic nitrogens is 4. The first-order valence-electron chi connectivity index (χ1n) is 10.8. The number of hydrogen-bond donors (Lipinski definition) is 1. The fourth-order valence-corrected chi connectivity index (χ4v) is 4.37. The van der Waals surface area contributed by atoms with Crippen LogP contribution in [0.3, 0.4) is 0 Å². The largest absolute Gasteiger partial charge is 0.470 e. The number of morpholine rings is 2. The first kappa shape index (κ1) is 23.4. The van der Waals surface area contributed by atoms with Crippen molar-refractivity contribution in [2.75, 3.05) is 75.6 Å². The van der Waals surface area contributed by atoms with Gasteiger partial charge in [0.2, 0.25) is 11.6 Å². The Balaban J connectivity index is 1.43. The highest BCUT2D eigenvalue weighted by Crippen LogP contribution is 2.29. The highest BCUT2D eigenvalue weighted by atomic mass is 32.1. The maximum absolute atomic E-state index is 6.31. The smallest absolute Gasteiger partial charge is 0.271 e. The number of nitrogens with zero attached hydrogens (tertiary/aromatic N) is 6. The minimum Gasteiger partial charge on any atom is -0.470 e. The maximum Gasteiger partial charge on any atom is 0.271 e. The van der Waals surface area contributed by atoms with E-state index in [2.05, 4.69) is 53.4 Å². The minimum atomic E-state index is -0.280. The summed E-state index contributed by atoms with van der Waals surface area (Å²) in [4.78, 5) is 4.30. The summed E-state index contributed by atoms with van der Waals surface area (Å²) in [6.45, 7) is 13.1. The normalized spacial score (nSPS) is 18.6. The lowest BCUT2D eigenvalue weighted by atomic mass is 10.1. The molecular formula is C19H31N7O4S2. The standard InChI is InChI=1S/C19H31N7O4S2/c1-19(2,3)20-12-14(30-18-16(22-32-24-18)26-6-10-28-11-7-26)13-29-17-15(21-31-23-17)25-4-8-27-9-5-25/h14,20H,4-13H2,1-3H3. The van der Waals surface area contributed by atoms with Gasteiger partial charge in [-0.2, -0.15) is 8.75 Å². The summed E-state index contributed by atoms with van der Waals surface area (Å²) in [6.07, 6.45) is -0.280. The Bertz CT molecular complexity index is 832. The van der Waals surface area contributed by atoms with Gasteiger partial charge in [0, 0.05) is 38.3 Å². The van der Waals surface area contributed by atoms with Crippen LogP contribution in [0.25, 0.3) is 0 Å². The number of rotatable bonds is 9. The summed E-state index contributed by atoms with van der Waals surface area (Å²) in [5.74, 6) is 2.60. The molecule has 1 unspecified atom stereocenters. The molecule has 1 atom stereocenters. The monoisotopic (exact) mass is 485 g/mol. The number of anilines is 2. The third kappa shape index (κ3) is 6.38. The summed E-state index contributed by atoms with van der Waals surface area (Å²) < 4.78 is 41.0. The van der Waals surface area contributed by atoms with Gasteiger partial charge in [-0.05, 0) is 20.8 Å². The van der Waals surface area contributed by atoms with Gasteiger partial charge in [-0.3, -0.25) is 0 Å². The zero-order valence-corrected chi connectivity index (χ0v) is 20.4. The molecule has 4 rings (SSSR count). The van der Waals surface area contributed by atoms with Gasteiger partial charge in [0.15, 0.2) is 0 Å². The summed E-state index contributed by atoms with van der Waals surface area (Å²) in [6, 6.07) is 0. The van der Waals surface area contributed by atoms with Gasteiger partial charge in [0.25, 0.3) is 11.8 Å². The van der Waals surface area contributed by atoms with E-state index in [1.165, 1.54) is 0 Å². The first-order valence-corrected chi connectivity index (χ1v) is 12.3. The van der Waals surface area contributed by atoms with Gasteiger partial charge in [-0.25, -0.2) is 0 Å². The molecule has 0 radical (unpaired) electrons. The molecule has 11 nitrogen and oxygen atoms in total. The van der Waals surface area contributed by atoms with E-state index >= 15 is 0 Å². The van der Waals surface area contributed by atoms with Crippen molar-refractivity contribution in [3.05, 3.63) is 0 Å². The molecule has 0 aromatic carbocycles. The molecule has 0 amide bonds. The molecule has 2 fully saturated rings. The molecule has 0 bridgehead atoms. The number of nitrogens with one attached hydrogen (secondary N) is 1. The predicted octanol–water partition coefficient (Wildman–Crippen LogP) is 1.28. The maximum atomic E-state index is 6.31. The molecule has 0 saturated carbocycles. The molecule has 2 aliphatic rings. The average Bonchev–Trinajstić information content (AvgIpc) is 3.46. The number of ether oxygens (including phenoxy) is 4. The topological polar surface area (TPSA) is 107 Å². The lowest BCUT2D eigenvalue weighted by molar-refractivity contribution is 0.110.